The van der Waals surface area contributed by atoms with E-state index >= 15 is 0 Å². The number of amides is 1. The minimum Gasteiger partial charge on any atom is -0.341 e. The van der Waals surface area contributed by atoms with Crippen LogP contribution in [0, 0.1) is 0 Å². The first-order chi connectivity index (χ1) is 8.31. The van der Waals surface area contributed by atoms with Gasteiger partial charge in [-0.15, -0.1) is 0 Å². The smallest absolute Gasteiger partial charge is 0.239 e. The summed E-state index contributed by atoms with van der Waals surface area (Å²) in [6.45, 7) is 4.82. The Morgan fingerprint density at radius 1 is 1.47 bits per heavy atom. The Hall–Kier alpha value is -0.830. The van der Waals surface area contributed by atoms with E-state index in [1.165, 1.54) is 19.3 Å². The van der Waals surface area contributed by atoms with Crippen molar-refractivity contribution in [1.82, 2.24) is 10.2 Å². The quantitative estimate of drug-likeness (QED) is 0.741. The summed E-state index contributed by atoms with van der Waals surface area (Å²) in [5.41, 5.74) is 1.56. The first-order valence-electron chi connectivity index (χ1n) is 7.01. The van der Waals surface area contributed by atoms with E-state index in [2.05, 4.69) is 23.2 Å². The number of rotatable bonds is 5. The molecule has 0 aromatic rings. The van der Waals surface area contributed by atoms with Gasteiger partial charge in [-0.05, 0) is 45.1 Å². The lowest BCUT2D eigenvalue weighted by Gasteiger charge is -2.32. The van der Waals surface area contributed by atoms with Crippen molar-refractivity contribution < 1.29 is 4.79 Å². The summed E-state index contributed by atoms with van der Waals surface area (Å²) >= 11 is 0. The molecule has 0 aromatic carbocycles. The zero-order valence-corrected chi connectivity index (χ0v) is 10.9. The Balaban J connectivity index is 1.80. The summed E-state index contributed by atoms with van der Waals surface area (Å²) in [5.74, 6) is 0.316. The van der Waals surface area contributed by atoms with Gasteiger partial charge in [0.05, 0.1) is 6.04 Å². The van der Waals surface area contributed by atoms with Crippen molar-refractivity contribution in [2.75, 3.05) is 19.6 Å². The van der Waals surface area contributed by atoms with Crippen LogP contribution in [-0.4, -0.2) is 36.5 Å². The van der Waals surface area contributed by atoms with Crippen LogP contribution in [0.3, 0.4) is 0 Å². The predicted octanol–water partition coefficient (Wildman–Crippen LogP) is 2.09. The van der Waals surface area contributed by atoms with Gasteiger partial charge in [-0.2, -0.15) is 0 Å². The molecule has 1 unspecified atom stereocenters. The molecule has 0 aromatic heterocycles. The summed E-state index contributed by atoms with van der Waals surface area (Å²) in [6.07, 6.45) is 9.39. The van der Waals surface area contributed by atoms with E-state index in [0.717, 1.165) is 38.9 Å². The van der Waals surface area contributed by atoms with Crippen LogP contribution in [-0.2, 0) is 4.79 Å². The van der Waals surface area contributed by atoms with Gasteiger partial charge in [-0.1, -0.05) is 18.6 Å². The molecular weight excluding hydrogens is 212 g/mol. The number of nitrogens with one attached hydrogen (secondary N) is 1. The Bertz CT molecular complexity index is 297. The zero-order valence-electron chi connectivity index (χ0n) is 10.9. The second kappa shape index (κ2) is 6.20. The standard InChI is InChI=1S/C14H24N2O/c1-2-15-13-8-5-10-16(14(13)17)11-9-12-6-3-4-7-12/h6,13,15H,2-5,7-11H2,1H3. The van der Waals surface area contributed by atoms with Gasteiger partial charge >= 0.3 is 0 Å². The molecule has 0 spiro atoms. The van der Waals surface area contributed by atoms with Crippen LogP contribution < -0.4 is 5.32 Å². The molecule has 2 rings (SSSR count). The van der Waals surface area contributed by atoms with Crippen LogP contribution in [0.15, 0.2) is 11.6 Å². The van der Waals surface area contributed by atoms with E-state index in [4.69, 9.17) is 0 Å². The second-order valence-electron chi connectivity index (χ2n) is 5.08. The van der Waals surface area contributed by atoms with Gasteiger partial charge in [-0.25, -0.2) is 0 Å². The molecular formula is C14H24N2O. The third-order valence-corrected chi connectivity index (χ3v) is 3.82. The van der Waals surface area contributed by atoms with Crippen molar-refractivity contribution >= 4 is 5.91 Å². The van der Waals surface area contributed by atoms with Crippen molar-refractivity contribution in [3.63, 3.8) is 0 Å². The lowest BCUT2D eigenvalue weighted by molar-refractivity contribution is -0.135. The number of carbonyl (C=O) groups excluding carboxylic acids is 1. The molecule has 1 aliphatic carbocycles. The van der Waals surface area contributed by atoms with Crippen molar-refractivity contribution in [1.29, 1.82) is 0 Å². The van der Waals surface area contributed by atoms with Crippen LogP contribution in [0.4, 0.5) is 0 Å². The molecule has 1 amide bonds. The lowest BCUT2D eigenvalue weighted by atomic mass is 10.0. The Kier molecular flexibility index (Phi) is 4.60. The third kappa shape index (κ3) is 3.32. The third-order valence-electron chi connectivity index (χ3n) is 3.82. The van der Waals surface area contributed by atoms with E-state index in [1.54, 1.807) is 5.57 Å². The number of likely N-dealkylation sites (N-methyl/N-ethyl adjacent to an activating group) is 1. The highest BCUT2D eigenvalue weighted by atomic mass is 16.2. The molecule has 1 N–H and O–H groups in total. The fraction of sp³-hybridized carbons (Fsp3) is 0.786. The Morgan fingerprint density at radius 2 is 2.35 bits per heavy atom. The van der Waals surface area contributed by atoms with Gasteiger partial charge in [0.1, 0.15) is 0 Å². The molecule has 0 bridgehead atoms. The molecule has 0 saturated carbocycles. The maximum atomic E-state index is 12.2. The van der Waals surface area contributed by atoms with Gasteiger partial charge in [0.2, 0.25) is 5.91 Å². The van der Waals surface area contributed by atoms with E-state index in [1.807, 2.05) is 0 Å². The first kappa shape index (κ1) is 12.6. The molecule has 1 fully saturated rings. The summed E-state index contributed by atoms with van der Waals surface area (Å²) in [5, 5.41) is 3.29. The van der Waals surface area contributed by atoms with Crippen molar-refractivity contribution in [2.24, 2.45) is 0 Å². The fourth-order valence-electron chi connectivity index (χ4n) is 2.84. The summed E-state index contributed by atoms with van der Waals surface area (Å²) in [7, 11) is 0. The van der Waals surface area contributed by atoms with E-state index in [9.17, 15) is 4.79 Å². The molecule has 2 aliphatic rings. The van der Waals surface area contributed by atoms with Crippen LogP contribution >= 0.6 is 0 Å². The van der Waals surface area contributed by atoms with Gasteiger partial charge in [0.25, 0.3) is 0 Å². The molecule has 3 nitrogen and oxygen atoms in total. The highest BCUT2D eigenvalue weighted by Gasteiger charge is 2.27. The van der Waals surface area contributed by atoms with Crippen molar-refractivity contribution in [2.45, 2.75) is 51.5 Å². The molecule has 1 aliphatic heterocycles. The number of piperidine rings is 1. The van der Waals surface area contributed by atoms with E-state index in [-0.39, 0.29) is 6.04 Å². The lowest BCUT2D eigenvalue weighted by Crippen LogP contribution is -2.50. The molecule has 0 radical (unpaired) electrons. The number of likely N-dealkylation sites (tertiary alicyclic amines) is 1. The topological polar surface area (TPSA) is 32.3 Å². The second-order valence-corrected chi connectivity index (χ2v) is 5.08. The Labute approximate surface area is 104 Å². The van der Waals surface area contributed by atoms with Gasteiger partial charge in [0.15, 0.2) is 0 Å². The van der Waals surface area contributed by atoms with Gasteiger partial charge < -0.3 is 10.2 Å². The molecule has 3 heteroatoms. The summed E-state index contributed by atoms with van der Waals surface area (Å²) in [6, 6.07) is 0.0753. The number of carbonyl (C=O) groups is 1. The first-order valence-corrected chi connectivity index (χ1v) is 7.01. The maximum Gasteiger partial charge on any atom is 0.239 e. The van der Waals surface area contributed by atoms with Crippen LogP contribution in [0.2, 0.25) is 0 Å². The van der Waals surface area contributed by atoms with Gasteiger partial charge in [0, 0.05) is 13.1 Å². The average Bonchev–Trinajstić information content (AvgIpc) is 2.83. The number of nitrogens with zero attached hydrogens (tertiary/aromatic N) is 1. The van der Waals surface area contributed by atoms with Crippen LogP contribution in [0.1, 0.15) is 45.4 Å². The highest BCUT2D eigenvalue weighted by Crippen LogP contribution is 2.21. The van der Waals surface area contributed by atoms with Gasteiger partial charge in [-0.3, -0.25) is 4.79 Å². The number of hydrogen-bond acceptors (Lipinski definition) is 2. The molecule has 1 saturated heterocycles. The monoisotopic (exact) mass is 236 g/mol. The van der Waals surface area contributed by atoms with E-state index in [0.29, 0.717) is 5.91 Å². The minimum atomic E-state index is 0.0753. The normalized spacial score (nSPS) is 25.2. The number of allylic oxidation sites excluding steroid dienone is 1. The maximum absolute atomic E-state index is 12.2. The fourth-order valence-corrected chi connectivity index (χ4v) is 2.84. The van der Waals surface area contributed by atoms with Crippen LogP contribution in [0.25, 0.3) is 0 Å². The molecule has 17 heavy (non-hydrogen) atoms. The highest BCUT2D eigenvalue weighted by molar-refractivity contribution is 5.82. The summed E-state index contributed by atoms with van der Waals surface area (Å²) in [4.78, 5) is 14.2. The van der Waals surface area contributed by atoms with Crippen molar-refractivity contribution in [3.05, 3.63) is 11.6 Å². The largest absolute Gasteiger partial charge is 0.341 e. The SMILES string of the molecule is CCNC1CCCN(CCC2=CCCC2)C1=O. The minimum absolute atomic E-state index is 0.0753. The number of hydrogen-bond donors (Lipinski definition) is 1. The molecule has 1 atom stereocenters. The van der Waals surface area contributed by atoms with Crippen LogP contribution in [0.5, 0.6) is 0 Å². The van der Waals surface area contributed by atoms with Crippen molar-refractivity contribution in [3.8, 4) is 0 Å². The predicted molar refractivity (Wildman–Crippen MR) is 69.8 cm³/mol. The summed E-state index contributed by atoms with van der Waals surface area (Å²) < 4.78 is 0. The average molecular weight is 236 g/mol. The van der Waals surface area contributed by atoms with E-state index < -0.39 is 0 Å². The Morgan fingerprint density at radius 3 is 3.06 bits per heavy atom. The zero-order chi connectivity index (χ0) is 12.1. The molecule has 1 heterocycles. The molecule has 96 valence electrons.